The van der Waals surface area contributed by atoms with E-state index in [4.69, 9.17) is 0 Å². The van der Waals surface area contributed by atoms with E-state index in [0.717, 1.165) is 17.0 Å². The number of hydrogen-bond acceptors (Lipinski definition) is 7. The first-order valence-electron chi connectivity index (χ1n) is 10.4. The van der Waals surface area contributed by atoms with Crippen LogP contribution >= 0.6 is 11.8 Å². The van der Waals surface area contributed by atoms with Crippen LogP contribution in [0.3, 0.4) is 0 Å². The lowest BCUT2D eigenvalue weighted by atomic mass is 9.97. The predicted octanol–water partition coefficient (Wildman–Crippen LogP) is 4.19. The van der Waals surface area contributed by atoms with Gasteiger partial charge in [-0.2, -0.15) is 0 Å². The Labute approximate surface area is 196 Å². The summed E-state index contributed by atoms with van der Waals surface area (Å²) in [6.45, 7) is 8.54. The van der Waals surface area contributed by atoms with Crippen molar-refractivity contribution in [1.82, 2.24) is 9.97 Å². The number of thioether (sulfide) groups is 1. The second-order valence-electron chi connectivity index (χ2n) is 8.91. The molecule has 8 nitrogen and oxygen atoms in total. The van der Waals surface area contributed by atoms with Crippen LogP contribution in [0, 0.1) is 17.0 Å². The first-order valence-corrected chi connectivity index (χ1v) is 13.1. The second kappa shape index (κ2) is 9.80. The third-order valence-electron chi connectivity index (χ3n) is 4.74. The molecule has 3 N–H and O–H groups in total. The normalized spacial score (nSPS) is 15.8. The molecule has 1 aromatic carbocycles. The van der Waals surface area contributed by atoms with E-state index in [-0.39, 0.29) is 11.2 Å². The average molecular weight is 500 g/mol. The highest BCUT2D eigenvalue weighted by Crippen LogP contribution is 2.42. The SMILES string of the molecule is CCCS(=O)(=O)Nc1ccc(F)c(NC(=O)C2CSc3c(NCC(C)(C)C)ncnc32)c1F. The summed E-state index contributed by atoms with van der Waals surface area (Å²) in [4.78, 5) is 22.1. The van der Waals surface area contributed by atoms with Crippen LogP contribution in [0.2, 0.25) is 0 Å². The van der Waals surface area contributed by atoms with Gasteiger partial charge in [0.15, 0.2) is 5.82 Å². The van der Waals surface area contributed by atoms with Crippen LogP contribution in [0.25, 0.3) is 0 Å². The van der Waals surface area contributed by atoms with Gasteiger partial charge in [0.25, 0.3) is 0 Å². The first-order chi connectivity index (χ1) is 15.4. The van der Waals surface area contributed by atoms with Gasteiger partial charge in [0, 0.05) is 12.3 Å². The molecule has 1 atom stereocenters. The van der Waals surface area contributed by atoms with Crippen molar-refractivity contribution in [3.63, 3.8) is 0 Å². The molecule has 180 valence electrons. The van der Waals surface area contributed by atoms with Gasteiger partial charge in [-0.1, -0.05) is 27.7 Å². The highest BCUT2D eigenvalue weighted by molar-refractivity contribution is 7.99. The van der Waals surface area contributed by atoms with Gasteiger partial charge in [0.1, 0.15) is 23.6 Å². The van der Waals surface area contributed by atoms with Crippen molar-refractivity contribution in [1.29, 1.82) is 0 Å². The lowest BCUT2D eigenvalue weighted by molar-refractivity contribution is -0.117. The number of carbonyl (C=O) groups excluding carboxylic acids is 1. The zero-order valence-electron chi connectivity index (χ0n) is 18.8. The van der Waals surface area contributed by atoms with E-state index in [1.165, 1.54) is 18.1 Å². The van der Waals surface area contributed by atoms with Gasteiger partial charge in [-0.3, -0.25) is 9.52 Å². The maximum Gasteiger partial charge on any atom is 0.234 e. The Morgan fingerprint density at radius 1 is 1.24 bits per heavy atom. The van der Waals surface area contributed by atoms with Crippen molar-refractivity contribution in [3.05, 3.63) is 35.8 Å². The smallest absolute Gasteiger partial charge is 0.234 e. The highest BCUT2D eigenvalue weighted by Gasteiger charge is 2.34. The third-order valence-corrected chi connectivity index (χ3v) is 7.40. The zero-order valence-corrected chi connectivity index (χ0v) is 20.5. The number of rotatable bonds is 8. The van der Waals surface area contributed by atoms with Gasteiger partial charge in [0.05, 0.1) is 27.9 Å². The fourth-order valence-electron chi connectivity index (χ4n) is 3.14. The summed E-state index contributed by atoms with van der Waals surface area (Å²) < 4.78 is 55.3. The maximum atomic E-state index is 14.9. The van der Waals surface area contributed by atoms with Crippen molar-refractivity contribution in [2.24, 2.45) is 5.41 Å². The number of sulfonamides is 1. The van der Waals surface area contributed by atoms with Crippen molar-refractivity contribution >= 4 is 44.9 Å². The monoisotopic (exact) mass is 499 g/mol. The molecule has 3 rings (SSSR count). The molecule has 0 saturated carbocycles. The number of nitrogens with zero attached hydrogens (tertiary/aromatic N) is 2. The molecule has 12 heteroatoms. The van der Waals surface area contributed by atoms with E-state index in [1.807, 2.05) is 0 Å². The van der Waals surface area contributed by atoms with Crippen LogP contribution in [-0.4, -0.2) is 42.3 Å². The Morgan fingerprint density at radius 2 is 1.97 bits per heavy atom. The van der Waals surface area contributed by atoms with Gasteiger partial charge in [0.2, 0.25) is 15.9 Å². The summed E-state index contributed by atoms with van der Waals surface area (Å²) in [6, 6.07) is 1.88. The molecule has 1 aliphatic rings. The first kappa shape index (κ1) is 25.2. The number of amides is 1. The zero-order chi connectivity index (χ0) is 24.4. The predicted molar refractivity (Wildman–Crippen MR) is 126 cm³/mol. The van der Waals surface area contributed by atoms with Crippen LogP contribution in [0.4, 0.5) is 26.0 Å². The molecule has 0 bridgehead atoms. The minimum Gasteiger partial charge on any atom is -0.369 e. The topological polar surface area (TPSA) is 113 Å². The van der Waals surface area contributed by atoms with Crippen LogP contribution in [-0.2, 0) is 14.8 Å². The Morgan fingerprint density at radius 3 is 2.64 bits per heavy atom. The molecular weight excluding hydrogens is 472 g/mol. The average Bonchev–Trinajstić information content (AvgIpc) is 3.16. The molecule has 2 aromatic rings. The Bertz CT molecular complexity index is 1150. The Kier molecular flexibility index (Phi) is 7.47. The summed E-state index contributed by atoms with van der Waals surface area (Å²) in [5.74, 6) is -2.87. The van der Waals surface area contributed by atoms with Crippen molar-refractivity contribution in [3.8, 4) is 0 Å². The van der Waals surface area contributed by atoms with Crippen LogP contribution in [0.1, 0.15) is 45.7 Å². The van der Waals surface area contributed by atoms with Gasteiger partial charge < -0.3 is 10.6 Å². The molecule has 1 aliphatic heterocycles. The Balaban J connectivity index is 1.82. The summed E-state index contributed by atoms with van der Waals surface area (Å²) in [5, 5.41) is 5.54. The van der Waals surface area contributed by atoms with E-state index in [9.17, 15) is 22.0 Å². The van der Waals surface area contributed by atoms with Gasteiger partial charge >= 0.3 is 0 Å². The molecule has 1 unspecified atom stereocenters. The van der Waals surface area contributed by atoms with Crippen LogP contribution in [0.15, 0.2) is 23.4 Å². The summed E-state index contributed by atoms with van der Waals surface area (Å²) in [7, 11) is -3.79. The summed E-state index contributed by atoms with van der Waals surface area (Å²) in [5.41, 5.74) is -0.659. The number of halogens is 2. The number of nitrogens with one attached hydrogen (secondary N) is 3. The Hall–Kier alpha value is -2.47. The largest absolute Gasteiger partial charge is 0.369 e. The number of carbonyl (C=O) groups is 1. The summed E-state index contributed by atoms with van der Waals surface area (Å²) >= 11 is 1.39. The molecule has 0 fully saturated rings. The molecule has 0 aliphatic carbocycles. The lowest BCUT2D eigenvalue weighted by Crippen LogP contribution is -2.24. The number of benzene rings is 1. The van der Waals surface area contributed by atoms with Crippen molar-refractivity contribution < 1.29 is 22.0 Å². The molecule has 0 spiro atoms. The van der Waals surface area contributed by atoms with Gasteiger partial charge in [-0.05, 0) is 24.0 Å². The van der Waals surface area contributed by atoms with E-state index >= 15 is 0 Å². The van der Waals surface area contributed by atoms with Gasteiger partial charge in [-0.25, -0.2) is 27.2 Å². The molecule has 0 saturated heterocycles. The molecular formula is C21H27F2N5O3S2. The van der Waals surface area contributed by atoms with E-state index in [2.05, 4.69) is 46.1 Å². The number of hydrogen-bond donors (Lipinski definition) is 3. The third kappa shape index (κ3) is 6.11. The second-order valence-corrected chi connectivity index (χ2v) is 11.8. The van der Waals surface area contributed by atoms with Crippen LogP contribution < -0.4 is 15.4 Å². The fourth-order valence-corrected chi connectivity index (χ4v) is 5.52. The summed E-state index contributed by atoms with van der Waals surface area (Å²) in [6.07, 6.45) is 1.68. The van der Waals surface area contributed by atoms with E-state index in [1.54, 1.807) is 6.92 Å². The standard InChI is InChI=1S/C21H27F2N5O3S2/c1-5-8-33(30,31)28-14-7-6-13(22)17(15(14)23)27-20(29)12-9-32-18-16(12)25-11-26-19(18)24-10-21(2,3)4/h6-7,11-12,28H,5,8-10H2,1-4H3,(H,27,29)(H,24,25,26). The number of aromatic nitrogens is 2. The fraction of sp³-hybridized carbons (Fsp3) is 0.476. The minimum atomic E-state index is -3.79. The molecule has 2 heterocycles. The highest BCUT2D eigenvalue weighted by atomic mass is 32.2. The number of fused-ring (bicyclic) bond motifs is 1. The molecule has 33 heavy (non-hydrogen) atoms. The maximum absolute atomic E-state index is 14.9. The molecule has 1 aromatic heterocycles. The minimum absolute atomic E-state index is 0.0105. The van der Waals surface area contributed by atoms with Crippen LogP contribution in [0.5, 0.6) is 0 Å². The van der Waals surface area contributed by atoms with E-state index < -0.39 is 44.9 Å². The molecule has 0 radical (unpaired) electrons. The number of anilines is 3. The van der Waals surface area contributed by atoms with E-state index in [0.29, 0.717) is 30.2 Å². The lowest BCUT2D eigenvalue weighted by Gasteiger charge is -2.20. The van der Waals surface area contributed by atoms with Gasteiger partial charge in [-0.15, -0.1) is 11.8 Å². The van der Waals surface area contributed by atoms with Crippen molar-refractivity contribution in [2.75, 3.05) is 33.4 Å². The molecule has 1 amide bonds. The quantitative estimate of drug-likeness (QED) is 0.499. The van der Waals surface area contributed by atoms with Crippen molar-refractivity contribution in [2.45, 2.75) is 44.9 Å².